The number of ether oxygens (including phenoxy) is 1. The van der Waals surface area contributed by atoms with Crippen LogP contribution in [0.4, 0.5) is 0 Å². The molecule has 52 heavy (non-hydrogen) atoms. The van der Waals surface area contributed by atoms with Crippen LogP contribution in [-0.2, 0) is 19.1 Å². The van der Waals surface area contributed by atoms with Crippen LogP contribution in [0.2, 0.25) is 0 Å². The van der Waals surface area contributed by atoms with Crippen molar-refractivity contribution in [2.45, 2.75) is 238 Å². The summed E-state index contributed by atoms with van der Waals surface area (Å²) in [6.45, 7) is 4.94. The molecule has 0 aliphatic carbocycles. The lowest BCUT2D eigenvalue weighted by molar-refractivity contribution is -0.147. The number of carbonyl (C=O) groups excluding carboxylic acids is 2. The van der Waals surface area contributed by atoms with Gasteiger partial charge in [0.15, 0.2) is 0 Å². The minimum Gasteiger partial charge on any atom is -0.480 e. The van der Waals surface area contributed by atoms with Gasteiger partial charge in [-0.25, -0.2) is 4.79 Å². The number of allylic oxidation sites excluding steroid dienone is 3. The number of hydrogen-bond donors (Lipinski definition) is 3. The predicted molar refractivity (Wildman–Crippen MR) is 220 cm³/mol. The molecule has 1 amide bonds. The van der Waals surface area contributed by atoms with Gasteiger partial charge in [0.25, 0.3) is 0 Å². The monoisotopic (exact) mass is 733 g/mol. The fraction of sp³-hybridized carbons (Fsp3) is 0.844. The molecule has 0 aromatic carbocycles. The van der Waals surface area contributed by atoms with Crippen molar-refractivity contribution in [3.8, 4) is 0 Å². The number of nitrogens with one attached hydrogen (secondary N) is 1. The highest BCUT2D eigenvalue weighted by Gasteiger charge is 2.18. The zero-order chi connectivity index (χ0) is 38.2. The van der Waals surface area contributed by atoms with Crippen LogP contribution < -0.4 is 11.1 Å². The van der Waals surface area contributed by atoms with Gasteiger partial charge in [0, 0.05) is 12.8 Å². The summed E-state index contributed by atoms with van der Waals surface area (Å²) >= 11 is 0. The average molecular weight is 733 g/mol. The number of hydrogen-bond acceptors (Lipinski definition) is 5. The first-order valence-corrected chi connectivity index (χ1v) is 22.2. The molecule has 0 fully saturated rings. The molecular formula is C45H84N2O5. The first-order chi connectivity index (χ1) is 25.4. The fourth-order valence-electron chi connectivity index (χ4n) is 6.59. The van der Waals surface area contributed by atoms with Gasteiger partial charge in [-0.05, 0) is 89.7 Å². The number of carboxylic acids is 1. The van der Waals surface area contributed by atoms with Crippen molar-refractivity contribution < 1.29 is 24.2 Å². The number of esters is 1. The Kier molecular flexibility index (Phi) is 38.4. The zero-order valence-corrected chi connectivity index (χ0v) is 34.2. The van der Waals surface area contributed by atoms with E-state index in [-0.39, 0.29) is 18.0 Å². The van der Waals surface area contributed by atoms with Crippen molar-refractivity contribution in [1.29, 1.82) is 0 Å². The molecule has 0 saturated carbocycles. The Morgan fingerprint density at radius 3 is 1.50 bits per heavy atom. The minimum atomic E-state index is -1.00. The van der Waals surface area contributed by atoms with Crippen molar-refractivity contribution in [3.05, 3.63) is 24.3 Å². The summed E-state index contributed by atoms with van der Waals surface area (Å²) in [5, 5.41) is 11.9. The van der Waals surface area contributed by atoms with E-state index in [1.165, 1.54) is 122 Å². The van der Waals surface area contributed by atoms with Gasteiger partial charge >= 0.3 is 11.9 Å². The zero-order valence-electron chi connectivity index (χ0n) is 34.2. The lowest BCUT2D eigenvalue weighted by Gasteiger charge is -2.15. The van der Waals surface area contributed by atoms with Gasteiger partial charge in [0.05, 0.1) is 0 Å². The Morgan fingerprint density at radius 1 is 0.558 bits per heavy atom. The average Bonchev–Trinajstić information content (AvgIpc) is 3.13. The summed E-state index contributed by atoms with van der Waals surface area (Å²) in [5.41, 5.74) is 5.47. The third-order valence-electron chi connectivity index (χ3n) is 9.97. The molecule has 4 N–H and O–H groups in total. The highest BCUT2D eigenvalue weighted by molar-refractivity contribution is 5.83. The summed E-state index contributed by atoms with van der Waals surface area (Å²) in [6.07, 6.45) is 45.3. The van der Waals surface area contributed by atoms with E-state index in [9.17, 15) is 19.5 Å². The maximum Gasteiger partial charge on any atom is 0.326 e. The summed E-state index contributed by atoms with van der Waals surface area (Å²) in [7, 11) is 0. The number of amides is 1. The van der Waals surface area contributed by atoms with Crippen LogP contribution in [0.5, 0.6) is 0 Å². The van der Waals surface area contributed by atoms with Gasteiger partial charge in [-0.15, -0.1) is 0 Å². The number of aliphatic carboxylic acids is 1. The van der Waals surface area contributed by atoms with E-state index in [1.807, 2.05) is 0 Å². The van der Waals surface area contributed by atoms with Crippen molar-refractivity contribution in [2.75, 3.05) is 6.54 Å². The minimum absolute atomic E-state index is 0.0645. The Bertz CT molecular complexity index is 874. The molecule has 0 saturated heterocycles. The van der Waals surface area contributed by atoms with E-state index >= 15 is 0 Å². The standard InChI is InChI=1S/C45H84N2O5/c1-3-5-7-9-11-13-14-15-16-17-18-19-21-23-29-33-39-44(49)52-41(35-30-26-22-20-12-10-8-6-4-2)36-31-27-24-25-28-32-38-43(48)47-42(45(50)51)37-34-40-46/h16-17,30,35,41-42H,3-15,18-29,31-34,36-40,46H2,1-2H3,(H,47,48)(H,50,51)/b17-16-,35-30-. The maximum atomic E-state index is 12.7. The molecule has 0 rings (SSSR count). The smallest absolute Gasteiger partial charge is 0.326 e. The summed E-state index contributed by atoms with van der Waals surface area (Å²) in [5.74, 6) is -1.27. The molecule has 0 spiro atoms. The number of carbonyl (C=O) groups is 3. The predicted octanol–water partition coefficient (Wildman–Crippen LogP) is 12.5. The molecule has 304 valence electrons. The molecule has 0 aromatic heterocycles. The van der Waals surface area contributed by atoms with E-state index in [1.54, 1.807) is 0 Å². The van der Waals surface area contributed by atoms with E-state index in [0.29, 0.717) is 32.2 Å². The highest BCUT2D eigenvalue weighted by Crippen LogP contribution is 2.16. The fourth-order valence-corrected chi connectivity index (χ4v) is 6.59. The topological polar surface area (TPSA) is 119 Å². The van der Waals surface area contributed by atoms with Crippen LogP contribution in [0.15, 0.2) is 24.3 Å². The van der Waals surface area contributed by atoms with E-state index in [4.69, 9.17) is 10.5 Å². The van der Waals surface area contributed by atoms with Gasteiger partial charge in [-0.1, -0.05) is 154 Å². The summed E-state index contributed by atoms with van der Waals surface area (Å²) < 4.78 is 5.96. The molecule has 2 atom stereocenters. The Balaban J connectivity index is 4.26. The lowest BCUT2D eigenvalue weighted by Crippen LogP contribution is -2.40. The second-order valence-corrected chi connectivity index (χ2v) is 15.1. The molecule has 2 unspecified atom stereocenters. The lowest BCUT2D eigenvalue weighted by atomic mass is 10.0. The molecule has 0 bridgehead atoms. The molecule has 0 heterocycles. The quantitative estimate of drug-likeness (QED) is 0.0328. The van der Waals surface area contributed by atoms with Crippen LogP contribution in [0, 0.1) is 0 Å². The van der Waals surface area contributed by atoms with E-state index in [0.717, 1.165) is 64.2 Å². The van der Waals surface area contributed by atoms with Crippen LogP contribution in [0.3, 0.4) is 0 Å². The van der Waals surface area contributed by atoms with E-state index < -0.39 is 12.0 Å². The second-order valence-electron chi connectivity index (χ2n) is 15.1. The third-order valence-corrected chi connectivity index (χ3v) is 9.97. The Morgan fingerprint density at radius 2 is 1.00 bits per heavy atom. The summed E-state index contributed by atoms with van der Waals surface area (Å²) in [6, 6.07) is -0.852. The number of carboxylic acid groups (broad SMARTS) is 1. The highest BCUT2D eigenvalue weighted by atomic mass is 16.5. The second kappa shape index (κ2) is 40.0. The third kappa shape index (κ3) is 36.2. The first-order valence-electron chi connectivity index (χ1n) is 22.2. The first kappa shape index (κ1) is 49.9. The van der Waals surface area contributed by atoms with Gasteiger partial charge in [0.2, 0.25) is 5.91 Å². The normalized spacial score (nSPS) is 12.8. The van der Waals surface area contributed by atoms with Crippen molar-refractivity contribution in [2.24, 2.45) is 5.73 Å². The van der Waals surface area contributed by atoms with Crippen LogP contribution in [0.1, 0.15) is 226 Å². The number of rotatable bonds is 40. The molecular weight excluding hydrogens is 649 g/mol. The summed E-state index contributed by atoms with van der Waals surface area (Å²) in [4.78, 5) is 36.2. The molecule has 0 aliphatic rings. The molecule has 0 aromatic rings. The van der Waals surface area contributed by atoms with Crippen molar-refractivity contribution in [1.82, 2.24) is 5.32 Å². The number of unbranched alkanes of at least 4 members (excludes halogenated alkanes) is 24. The van der Waals surface area contributed by atoms with Crippen LogP contribution >= 0.6 is 0 Å². The Hall–Kier alpha value is -2.15. The Labute approximate surface area is 321 Å². The van der Waals surface area contributed by atoms with Gasteiger partial charge in [-0.2, -0.15) is 0 Å². The molecule has 0 aliphatic heterocycles. The SMILES string of the molecule is CCCCCCCCC/C=C\CCCCCCCC(=O)OC(/C=C\CCCCCCCCC)CCCCCCCCC(=O)NC(CCCN)C(=O)O. The van der Waals surface area contributed by atoms with Gasteiger partial charge in [-0.3, -0.25) is 9.59 Å². The largest absolute Gasteiger partial charge is 0.480 e. The van der Waals surface area contributed by atoms with Crippen molar-refractivity contribution >= 4 is 17.8 Å². The van der Waals surface area contributed by atoms with E-state index in [2.05, 4.69) is 43.5 Å². The van der Waals surface area contributed by atoms with Crippen molar-refractivity contribution in [3.63, 3.8) is 0 Å². The van der Waals surface area contributed by atoms with Crippen LogP contribution in [0.25, 0.3) is 0 Å². The maximum absolute atomic E-state index is 12.7. The van der Waals surface area contributed by atoms with Gasteiger partial charge in [0.1, 0.15) is 12.1 Å². The molecule has 0 radical (unpaired) electrons. The molecule has 7 nitrogen and oxygen atoms in total. The van der Waals surface area contributed by atoms with Crippen LogP contribution in [-0.4, -0.2) is 41.6 Å². The van der Waals surface area contributed by atoms with Gasteiger partial charge < -0.3 is 20.9 Å². The molecule has 7 heteroatoms. The number of nitrogens with two attached hydrogens (primary N) is 1.